The first-order valence-corrected chi connectivity index (χ1v) is 5.79. The zero-order valence-corrected chi connectivity index (χ0v) is 10.6. The smallest absolute Gasteiger partial charge is 0.327 e. The van der Waals surface area contributed by atoms with Gasteiger partial charge in [-0.2, -0.15) is 0 Å². The summed E-state index contributed by atoms with van der Waals surface area (Å²) in [6, 6.07) is 4.30. The lowest BCUT2D eigenvalue weighted by molar-refractivity contribution is -0.119. The number of amides is 3. The van der Waals surface area contributed by atoms with Crippen LogP contribution in [0.5, 0.6) is 0 Å². The molecule has 1 aliphatic heterocycles. The van der Waals surface area contributed by atoms with Crippen LogP contribution in [0.3, 0.4) is 0 Å². The van der Waals surface area contributed by atoms with E-state index in [-0.39, 0.29) is 18.4 Å². The number of carbonyl (C=O) groups excluding carboxylic acids is 2. The summed E-state index contributed by atoms with van der Waals surface area (Å²) >= 11 is 11.8. The molecule has 1 fully saturated rings. The largest absolute Gasteiger partial charge is 0.331 e. The molecule has 2 rings (SSSR count). The quantitative estimate of drug-likeness (QED) is 0.789. The van der Waals surface area contributed by atoms with Crippen molar-refractivity contribution in [1.29, 1.82) is 0 Å². The van der Waals surface area contributed by atoms with Crippen molar-refractivity contribution < 1.29 is 9.59 Å². The van der Waals surface area contributed by atoms with Gasteiger partial charge in [-0.05, 0) is 18.2 Å². The maximum absolute atomic E-state index is 11.9. The van der Waals surface area contributed by atoms with Crippen molar-refractivity contribution in [3.8, 4) is 0 Å². The number of rotatable bonds is 1. The fourth-order valence-corrected chi connectivity index (χ4v) is 2.01. The molecule has 0 bridgehead atoms. The Morgan fingerprint density at radius 2 is 1.94 bits per heavy atom. The normalized spacial score (nSPS) is 16.6. The van der Waals surface area contributed by atoms with Gasteiger partial charge in [0.15, 0.2) is 0 Å². The van der Waals surface area contributed by atoms with Crippen LogP contribution in [-0.4, -0.2) is 30.4 Å². The molecule has 0 spiro atoms. The van der Waals surface area contributed by atoms with Crippen LogP contribution in [0.4, 0.5) is 10.5 Å². The van der Waals surface area contributed by atoms with E-state index in [0.717, 1.165) is 4.90 Å². The van der Waals surface area contributed by atoms with Gasteiger partial charge in [0.05, 0.1) is 10.7 Å². The van der Waals surface area contributed by atoms with E-state index in [1.807, 2.05) is 0 Å². The van der Waals surface area contributed by atoms with Crippen LogP contribution < -0.4 is 4.90 Å². The van der Waals surface area contributed by atoms with Gasteiger partial charge < -0.3 is 4.90 Å². The van der Waals surface area contributed by atoms with Crippen LogP contribution in [0.1, 0.15) is 6.42 Å². The average molecular weight is 273 g/mol. The van der Waals surface area contributed by atoms with Crippen LogP contribution in [0.15, 0.2) is 18.2 Å². The second kappa shape index (κ2) is 4.55. The first-order chi connectivity index (χ1) is 8.00. The molecule has 90 valence electrons. The number of nitrogens with zero attached hydrogens (tertiary/aromatic N) is 2. The van der Waals surface area contributed by atoms with E-state index in [1.54, 1.807) is 19.2 Å². The number of anilines is 1. The molecule has 1 saturated heterocycles. The van der Waals surface area contributed by atoms with Crippen LogP contribution in [0, 0.1) is 0 Å². The predicted molar refractivity (Wildman–Crippen MR) is 66.6 cm³/mol. The third-order valence-electron chi connectivity index (χ3n) is 2.58. The number of halogens is 2. The van der Waals surface area contributed by atoms with Crippen LogP contribution in [-0.2, 0) is 4.79 Å². The number of urea groups is 1. The summed E-state index contributed by atoms with van der Waals surface area (Å²) in [4.78, 5) is 26.3. The van der Waals surface area contributed by atoms with Gasteiger partial charge in [0, 0.05) is 25.0 Å². The average Bonchev–Trinajstić information content (AvgIpc) is 2.29. The second-order valence-electron chi connectivity index (χ2n) is 3.78. The number of hydrogen-bond donors (Lipinski definition) is 0. The molecule has 4 nitrogen and oxygen atoms in total. The first kappa shape index (κ1) is 12.2. The molecule has 0 N–H and O–H groups in total. The van der Waals surface area contributed by atoms with E-state index < -0.39 is 0 Å². The van der Waals surface area contributed by atoms with Crippen molar-refractivity contribution in [3.05, 3.63) is 28.2 Å². The summed E-state index contributed by atoms with van der Waals surface area (Å²) in [7, 11) is 1.64. The molecular weight excluding hydrogens is 263 g/mol. The Labute approximate surface area is 109 Å². The lowest BCUT2D eigenvalue weighted by Gasteiger charge is -2.32. The Hall–Kier alpha value is -1.26. The Kier molecular flexibility index (Phi) is 3.26. The van der Waals surface area contributed by atoms with Gasteiger partial charge in [-0.25, -0.2) is 9.69 Å². The number of carbonyl (C=O) groups is 2. The van der Waals surface area contributed by atoms with Gasteiger partial charge in [-0.1, -0.05) is 23.2 Å². The molecule has 1 heterocycles. The number of hydrogen-bond acceptors (Lipinski definition) is 2. The fraction of sp³-hybridized carbons (Fsp3) is 0.273. The highest BCUT2D eigenvalue weighted by Crippen LogP contribution is 2.31. The highest BCUT2D eigenvalue weighted by atomic mass is 35.5. The molecule has 17 heavy (non-hydrogen) atoms. The van der Waals surface area contributed by atoms with E-state index in [0.29, 0.717) is 22.3 Å². The van der Waals surface area contributed by atoms with Gasteiger partial charge in [0.2, 0.25) is 5.91 Å². The Morgan fingerprint density at radius 1 is 1.24 bits per heavy atom. The fourth-order valence-electron chi connectivity index (χ4n) is 1.64. The van der Waals surface area contributed by atoms with Gasteiger partial charge in [0.1, 0.15) is 0 Å². The van der Waals surface area contributed by atoms with E-state index in [2.05, 4.69) is 0 Å². The predicted octanol–water partition coefficient (Wildman–Crippen LogP) is 2.78. The summed E-state index contributed by atoms with van der Waals surface area (Å²) in [5.74, 6) is -0.266. The van der Waals surface area contributed by atoms with Crippen molar-refractivity contribution in [2.75, 3.05) is 18.5 Å². The monoisotopic (exact) mass is 272 g/mol. The van der Waals surface area contributed by atoms with Crippen LogP contribution >= 0.6 is 23.2 Å². The lowest BCUT2D eigenvalue weighted by Crippen LogP contribution is -2.51. The van der Waals surface area contributed by atoms with Crippen LogP contribution in [0.2, 0.25) is 10.0 Å². The van der Waals surface area contributed by atoms with Gasteiger partial charge in [-0.15, -0.1) is 0 Å². The minimum Gasteiger partial charge on any atom is -0.327 e. The maximum Gasteiger partial charge on any atom is 0.331 e. The summed E-state index contributed by atoms with van der Waals surface area (Å²) in [6.45, 7) is 0.423. The van der Waals surface area contributed by atoms with Crippen molar-refractivity contribution >= 4 is 40.8 Å². The van der Waals surface area contributed by atoms with E-state index in [9.17, 15) is 9.59 Å². The molecule has 1 aliphatic rings. The maximum atomic E-state index is 11.9. The highest BCUT2D eigenvalue weighted by molar-refractivity contribution is 6.37. The minimum atomic E-state index is -0.384. The third-order valence-corrected chi connectivity index (χ3v) is 3.13. The molecule has 1 aromatic rings. The van der Waals surface area contributed by atoms with E-state index in [4.69, 9.17) is 23.2 Å². The Morgan fingerprint density at radius 3 is 2.65 bits per heavy atom. The van der Waals surface area contributed by atoms with Gasteiger partial charge >= 0.3 is 6.03 Å². The van der Waals surface area contributed by atoms with Gasteiger partial charge in [0.25, 0.3) is 0 Å². The second-order valence-corrected chi connectivity index (χ2v) is 4.62. The summed E-state index contributed by atoms with van der Waals surface area (Å²) in [5, 5.41) is 0.754. The minimum absolute atomic E-state index is 0.266. The molecule has 0 atom stereocenters. The van der Waals surface area contributed by atoms with Crippen molar-refractivity contribution in [1.82, 2.24) is 4.90 Å². The first-order valence-electron chi connectivity index (χ1n) is 5.04. The van der Waals surface area contributed by atoms with Crippen molar-refractivity contribution in [2.45, 2.75) is 6.42 Å². The molecule has 0 saturated carbocycles. The third kappa shape index (κ3) is 2.23. The molecule has 1 aromatic carbocycles. The Balaban J connectivity index is 2.46. The summed E-state index contributed by atoms with van der Waals surface area (Å²) < 4.78 is 0. The molecule has 0 aliphatic carbocycles. The number of benzene rings is 1. The highest BCUT2D eigenvalue weighted by Gasteiger charge is 2.32. The van der Waals surface area contributed by atoms with Crippen molar-refractivity contribution in [3.63, 3.8) is 0 Å². The topological polar surface area (TPSA) is 40.6 Å². The SMILES string of the molecule is CN1CCC(=O)N(c2cc(Cl)ccc2Cl)C1=O. The number of imide groups is 1. The van der Waals surface area contributed by atoms with Crippen molar-refractivity contribution in [2.24, 2.45) is 0 Å². The lowest BCUT2D eigenvalue weighted by atomic mass is 10.2. The van der Waals surface area contributed by atoms with E-state index in [1.165, 1.54) is 11.0 Å². The summed E-state index contributed by atoms with van der Waals surface area (Å²) in [5.41, 5.74) is 0.334. The molecule has 0 unspecified atom stereocenters. The molecule has 3 amide bonds. The Bertz CT molecular complexity index is 490. The molecule has 6 heteroatoms. The zero-order valence-electron chi connectivity index (χ0n) is 9.11. The van der Waals surface area contributed by atoms with Crippen LogP contribution in [0.25, 0.3) is 0 Å². The zero-order chi connectivity index (χ0) is 12.6. The molecule has 0 radical (unpaired) electrons. The molecular formula is C11H10Cl2N2O2. The van der Waals surface area contributed by atoms with Gasteiger partial charge in [-0.3, -0.25) is 4.79 Å². The molecule has 0 aromatic heterocycles. The summed E-state index contributed by atoms with van der Waals surface area (Å²) in [6.07, 6.45) is 0.283. The van der Waals surface area contributed by atoms with E-state index >= 15 is 0 Å². The standard InChI is InChI=1S/C11H10Cl2N2O2/c1-14-5-4-10(16)15(11(14)17)9-6-7(12)2-3-8(9)13/h2-3,6H,4-5H2,1H3.